The summed E-state index contributed by atoms with van der Waals surface area (Å²) in [6.45, 7) is 19.1. The second kappa shape index (κ2) is 11.7. The Morgan fingerprint density at radius 3 is 2.37 bits per heavy atom. The molecule has 4 nitrogen and oxygen atoms in total. The molecule has 4 aliphatic rings. The number of likely N-dealkylation sites (N-methyl/N-ethyl adjacent to an activating group) is 1. The Morgan fingerprint density at radius 1 is 1.00 bits per heavy atom. The van der Waals surface area contributed by atoms with Crippen molar-refractivity contribution in [1.29, 1.82) is 0 Å². The third kappa shape index (κ3) is 5.03. The maximum atomic E-state index is 12.9. The van der Waals surface area contributed by atoms with E-state index in [-0.39, 0.29) is 22.9 Å². The number of esters is 1. The lowest BCUT2D eigenvalue weighted by atomic mass is 9.47. The summed E-state index contributed by atoms with van der Waals surface area (Å²) < 4.78 is 6.95. The van der Waals surface area contributed by atoms with Crippen LogP contribution < -0.4 is 0 Å². The van der Waals surface area contributed by atoms with Gasteiger partial charge in [0.1, 0.15) is 6.10 Å². The van der Waals surface area contributed by atoms with Crippen LogP contribution in [0.1, 0.15) is 99.0 Å². The first kappa shape index (κ1) is 29.1. The van der Waals surface area contributed by atoms with Crippen LogP contribution in [0, 0.1) is 28.6 Å². The fraction of sp³-hybridized carbons (Fsp3) is 0.706. The molecular formula is C34H53N2O2+. The number of carbonyl (C=O) groups is 1. The van der Waals surface area contributed by atoms with E-state index in [1.807, 2.05) is 20.0 Å². The van der Waals surface area contributed by atoms with Crippen LogP contribution in [0.5, 0.6) is 0 Å². The van der Waals surface area contributed by atoms with Crippen LogP contribution in [-0.4, -0.2) is 47.7 Å². The fourth-order valence-corrected chi connectivity index (χ4v) is 8.77. The standard InChI is InChI=1S/C32H47N2O2.C2H6/c1-6-34(7-2,8-3)22-30(35)36-25-15-17-31(4)24(20-25)11-12-26-28-14-13-27(23-10-9-19-33-21-23)32(28,5)18-16-29(26)31;1-2/h9-11,13,19,21,25-26,28-29H,6-8,12,14-18,20,22H2,1-5H3;1-2H3/q+1;. The predicted molar refractivity (Wildman–Crippen MR) is 157 cm³/mol. The van der Waals surface area contributed by atoms with Crippen LogP contribution >= 0.6 is 0 Å². The third-order valence-corrected chi connectivity index (χ3v) is 11.4. The highest BCUT2D eigenvalue weighted by Gasteiger charge is 2.57. The SMILES string of the molecule is CC.CC[N+](CC)(CC)CC(=O)OC1CCC2(C)C(=CCC3C2CCC2(C)C(c4cccnc4)=CCC32)C1. The monoisotopic (exact) mass is 521 g/mol. The van der Waals surface area contributed by atoms with Crippen molar-refractivity contribution in [2.24, 2.45) is 28.6 Å². The van der Waals surface area contributed by atoms with Crippen molar-refractivity contribution in [3.8, 4) is 0 Å². The molecule has 0 saturated heterocycles. The molecule has 5 rings (SSSR count). The van der Waals surface area contributed by atoms with E-state index in [0.29, 0.717) is 6.54 Å². The number of hydrogen-bond donors (Lipinski definition) is 0. The molecule has 0 aromatic carbocycles. The van der Waals surface area contributed by atoms with Crippen LogP contribution in [0.25, 0.3) is 5.57 Å². The van der Waals surface area contributed by atoms with Gasteiger partial charge in [-0.05, 0) is 105 Å². The van der Waals surface area contributed by atoms with Crippen LogP contribution in [0.15, 0.2) is 42.3 Å². The largest absolute Gasteiger partial charge is 0.458 e. The molecule has 6 unspecified atom stereocenters. The first-order valence-corrected chi connectivity index (χ1v) is 15.6. The van der Waals surface area contributed by atoms with Crippen molar-refractivity contribution in [2.75, 3.05) is 26.2 Å². The van der Waals surface area contributed by atoms with Gasteiger partial charge in [0.05, 0.1) is 19.6 Å². The van der Waals surface area contributed by atoms with Crippen molar-refractivity contribution in [3.05, 3.63) is 47.8 Å². The van der Waals surface area contributed by atoms with Gasteiger partial charge in [-0.3, -0.25) is 4.98 Å². The average molecular weight is 522 g/mol. The molecule has 0 spiro atoms. The number of fused-ring (bicyclic) bond motifs is 5. The highest BCUT2D eigenvalue weighted by Crippen LogP contribution is 2.66. The first-order valence-electron chi connectivity index (χ1n) is 15.6. The van der Waals surface area contributed by atoms with Gasteiger partial charge in [0, 0.05) is 18.8 Å². The van der Waals surface area contributed by atoms with Gasteiger partial charge in [-0.1, -0.05) is 51.5 Å². The van der Waals surface area contributed by atoms with Gasteiger partial charge in [0.25, 0.3) is 0 Å². The highest BCUT2D eigenvalue weighted by molar-refractivity contribution is 5.72. The lowest BCUT2D eigenvalue weighted by Crippen LogP contribution is -2.52. The molecule has 0 amide bonds. The van der Waals surface area contributed by atoms with Crippen LogP contribution in [0.3, 0.4) is 0 Å². The first-order chi connectivity index (χ1) is 18.3. The second-order valence-corrected chi connectivity index (χ2v) is 12.6. The highest BCUT2D eigenvalue weighted by atomic mass is 16.5. The number of pyridine rings is 1. The molecule has 0 radical (unpaired) electrons. The molecule has 2 saturated carbocycles. The summed E-state index contributed by atoms with van der Waals surface area (Å²) in [7, 11) is 0. The Bertz CT molecular complexity index is 1020. The van der Waals surface area contributed by atoms with Gasteiger partial charge in [-0.25, -0.2) is 4.79 Å². The Balaban J connectivity index is 0.00000164. The maximum Gasteiger partial charge on any atom is 0.362 e. The summed E-state index contributed by atoms with van der Waals surface area (Å²) in [6.07, 6.45) is 17.2. The molecular weight excluding hydrogens is 468 g/mol. The lowest BCUT2D eigenvalue weighted by molar-refractivity contribution is -0.916. The maximum absolute atomic E-state index is 12.9. The summed E-state index contributed by atoms with van der Waals surface area (Å²) in [6, 6.07) is 4.32. The van der Waals surface area contributed by atoms with Crippen LogP contribution in [0.2, 0.25) is 0 Å². The fourth-order valence-electron chi connectivity index (χ4n) is 8.77. The minimum absolute atomic E-state index is 0.00293. The average Bonchev–Trinajstić information content (AvgIpc) is 3.31. The molecule has 0 N–H and O–H groups in total. The van der Waals surface area contributed by atoms with Gasteiger partial charge in [-0.15, -0.1) is 0 Å². The van der Waals surface area contributed by atoms with Crippen molar-refractivity contribution in [2.45, 2.75) is 99.5 Å². The van der Waals surface area contributed by atoms with Gasteiger partial charge < -0.3 is 9.22 Å². The van der Waals surface area contributed by atoms with E-state index < -0.39 is 0 Å². The summed E-state index contributed by atoms with van der Waals surface area (Å²) >= 11 is 0. The number of carbonyl (C=O) groups excluding carboxylic acids is 1. The van der Waals surface area contributed by atoms with E-state index in [9.17, 15) is 4.79 Å². The Labute approximate surface area is 232 Å². The van der Waals surface area contributed by atoms with Crippen molar-refractivity contribution in [1.82, 2.24) is 4.98 Å². The Kier molecular flexibility index (Phi) is 8.91. The summed E-state index contributed by atoms with van der Waals surface area (Å²) in [5.41, 5.74) is 4.97. The number of rotatable bonds is 7. The molecule has 210 valence electrons. The number of hydrogen-bond acceptors (Lipinski definition) is 3. The van der Waals surface area contributed by atoms with Gasteiger partial charge in [0.2, 0.25) is 0 Å². The van der Waals surface area contributed by atoms with Gasteiger partial charge in [0.15, 0.2) is 6.54 Å². The van der Waals surface area contributed by atoms with Gasteiger partial charge in [-0.2, -0.15) is 0 Å². The molecule has 38 heavy (non-hydrogen) atoms. The lowest BCUT2D eigenvalue weighted by Gasteiger charge is -2.57. The summed E-state index contributed by atoms with van der Waals surface area (Å²) in [5.74, 6) is 2.22. The Morgan fingerprint density at radius 2 is 1.71 bits per heavy atom. The van der Waals surface area contributed by atoms with Crippen LogP contribution in [-0.2, 0) is 9.53 Å². The number of ether oxygens (including phenoxy) is 1. The van der Waals surface area contributed by atoms with E-state index in [0.717, 1.165) is 61.1 Å². The number of nitrogens with zero attached hydrogens (tertiary/aromatic N) is 2. The molecule has 4 aliphatic carbocycles. The Hall–Kier alpha value is -1.94. The van der Waals surface area contributed by atoms with Crippen molar-refractivity contribution < 1.29 is 14.0 Å². The summed E-state index contributed by atoms with van der Waals surface area (Å²) in [5, 5.41) is 0. The summed E-state index contributed by atoms with van der Waals surface area (Å²) in [4.78, 5) is 17.3. The smallest absolute Gasteiger partial charge is 0.362 e. The molecule has 0 bridgehead atoms. The molecule has 1 heterocycles. The van der Waals surface area contributed by atoms with E-state index in [2.05, 4.69) is 70.1 Å². The normalized spacial score (nSPS) is 34.0. The number of allylic oxidation sites excluding steroid dienone is 3. The number of aromatic nitrogens is 1. The van der Waals surface area contributed by atoms with E-state index >= 15 is 0 Å². The van der Waals surface area contributed by atoms with Gasteiger partial charge >= 0.3 is 5.97 Å². The zero-order valence-electron chi connectivity index (χ0n) is 25.3. The number of quaternary nitrogens is 1. The quantitative estimate of drug-likeness (QED) is 0.208. The molecule has 1 aromatic heterocycles. The van der Waals surface area contributed by atoms with Crippen LogP contribution in [0.4, 0.5) is 0 Å². The van der Waals surface area contributed by atoms with E-state index in [4.69, 9.17) is 4.74 Å². The topological polar surface area (TPSA) is 39.2 Å². The minimum Gasteiger partial charge on any atom is -0.458 e. The molecule has 2 fully saturated rings. The third-order valence-electron chi connectivity index (χ3n) is 11.4. The molecule has 6 atom stereocenters. The van der Waals surface area contributed by atoms with Crippen molar-refractivity contribution in [3.63, 3.8) is 0 Å². The van der Waals surface area contributed by atoms with E-state index in [1.165, 1.54) is 36.8 Å². The molecule has 0 aliphatic heterocycles. The molecule has 4 heteroatoms. The zero-order chi connectivity index (χ0) is 27.6. The van der Waals surface area contributed by atoms with E-state index in [1.54, 1.807) is 5.57 Å². The zero-order valence-corrected chi connectivity index (χ0v) is 25.3. The minimum atomic E-state index is -0.00293. The second-order valence-electron chi connectivity index (χ2n) is 12.6. The van der Waals surface area contributed by atoms with Crippen molar-refractivity contribution >= 4 is 11.5 Å². The predicted octanol–water partition coefficient (Wildman–Crippen LogP) is 7.85. The molecule has 1 aromatic rings.